The molecule has 0 aliphatic carbocycles. The number of hydrogen-bond donors (Lipinski definition) is 2. The fourth-order valence-electron chi connectivity index (χ4n) is 4.12. The lowest BCUT2D eigenvalue weighted by Crippen LogP contribution is -3.13. The molecule has 1 aromatic carbocycles. The van der Waals surface area contributed by atoms with Crippen molar-refractivity contribution in [2.24, 2.45) is 11.7 Å². The number of aromatic nitrogens is 4. The fraction of sp³-hybridized carbons (Fsp3) is 0.619. The first-order valence-electron chi connectivity index (χ1n) is 10.5. The lowest BCUT2D eigenvalue weighted by Gasteiger charge is -2.35. The molecule has 3 N–H and O–H groups in total. The summed E-state index contributed by atoms with van der Waals surface area (Å²) in [6, 6.07) is 5.63. The molecule has 9 nitrogen and oxygen atoms in total. The molecule has 9 heteroatoms. The maximum atomic E-state index is 11.7. The van der Waals surface area contributed by atoms with Crippen LogP contribution in [0.5, 0.6) is 11.5 Å². The number of likely N-dealkylation sites (tertiary alicyclic amines) is 1. The summed E-state index contributed by atoms with van der Waals surface area (Å²) in [5, 5.41) is 12.8. The predicted molar refractivity (Wildman–Crippen MR) is 111 cm³/mol. The first kappa shape index (κ1) is 22.0. The van der Waals surface area contributed by atoms with Gasteiger partial charge in [-0.15, -0.1) is 5.10 Å². The van der Waals surface area contributed by atoms with Crippen molar-refractivity contribution in [3.63, 3.8) is 0 Å². The van der Waals surface area contributed by atoms with E-state index in [1.165, 1.54) is 4.90 Å². The zero-order valence-corrected chi connectivity index (χ0v) is 18.5. The number of hydrogen-bond acceptors (Lipinski definition) is 6. The van der Waals surface area contributed by atoms with E-state index in [1.807, 2.05) is 22.9 Å². The van der Waals surface area contributed by atoms with Gasteiger partial charge >= 0.3 is 0 Å². The zero-order valence-electron chi connectivity index (χ0n) is 18.5. The number of nitrogens with one attached hydrogen (secondary N) is 1. The van der Waals surface area contributed by atoms with E-state index >= 15 is 0 Å². The van der Waals surface area contributed by atoms with E-state index in [2.05, 4.69) is 36.3 Å². The Labute approximate surface area is 177 Å². The SMILES string of the molecule is CCC(C)(C)n1nnnc1[C@H](c1cc(OC)ccc1OC)[NH+]1CCC(C(N)=O)CC1. The highest BCUT2D eigenvalue weighted by atomic mass is 16.5. The third-order valence-electron chi connectivity index (χ3n) is 6.38. The summed E-state index contributed by atoms with van der Waals surface area (Å²) < 4.78 is 13.1. The van der Waals surface area contributed by atoms with Gasteiger partial charge in [0.25, 0.3) is 0 Å². The zero-order chi connectivity index (χ0) is 21.9. The van der Waals surface area contributed by atoms with Gasteiger partial charge in [0.05, 0.1) is 38.4 Å². The Kier molecular flexibility index (Phi) is 6.60. The Morgan fingerprint density at radius 2 is 2.00 bits per heavy atom. The third kappa shape index (κ3) is 4.26. The van der Waals surface area contributed by atoms with Crippen LogP contribution in [0.2, 0.25) is 0 Å². The minimum absolute atomic E-state index is 0.0790. The first-order valence-corrected chi connectivity index (χ1v) is 10.5. The Morgan fingerprint density at radius 3 is 2.57 bits per heavy atom. The summed E-state index contributed by atoms with van der Waals surface area (Å²) in [5.74, 6) is 1.98. The van der Waals surface area contributed by atoms with Crippen molar-refractivity contribution in [2.45, 2.75) is 51.6 Å². The van der Waals surface area contributed by atoms with Crippen molar-refractivity contribution < 1.29 is 19.2 Å². The van der Waals surface area contributed by atoms with E-state index in [-0.39, 0.29) is 23.4 Å². The van der Waals surface area contributed by atoms with Crippen LogP contribution in [0.1, 0.15) is 57.5 Å². The predicted octanol–water partition coefficient (Wildman–Crippen LogP) is 0.705. The molecule has 1 aromatic heterocycles. The Morgan fingerprint density at radius 1 is 1.30 bits per heavy atom. The van der Waals surface area contributed by atoms with Gasteiger partial charge in [0.2, 0.25) is 11.7 Å². The van der Waals surface area contributed by atoms with Gasteiger partial charge in [0, 0.05) is 18.8 Å². The molecule has 0 spiro atoms. The highest BCUT2D eigenvalue weighted by Crippen LogP contribution is 2.33. The maximum absolute atomic E-state index is 11.7. The van der Waals surface area contributed by atoms with Gasteiger partial charge in [-0.1, -0.05) is 6.92 Å². The minimum Gasteiger partial charge on any atom is -0.497 e. The van der Waals surface area contributed by atoms with Gasteiger partial charge in [-0.3, -0.25) is 4.79 Å². The van der Waals surface area contributed by atoms with Crippen molar-refractivity contribution in [1.29, 1.82) is 0 Å². The second-order valence-corrected chi connectivity index (χ2v) is 8.49. The highest BCUT2D eigenvalue weighted by molar-refractivity contribution is 5.76. The van der Waals surface area contributed by atoms with Gasteiger partial charge in [0.1, 0.15) is 11.5 Å². The molecule has 2 heterocycles. The van der Waals surface area contributed by atoms with Crippen molar-refractivity contribution in [1.82, 2.24) is 20.2 Å². The number of carbonyl (C=O) groups excluding carboxylic acids is 1. The summed E-state index contributed by atoms with van der Waals surface area (Å²) >= 11 is 0. The monoisotopic (exact) mass is 417 g/mol. The van der Waals surface area contributed by atoms with Crippen LogP contribution in [0.3, 0.4) is 0 Å². The fourth-order valence-corrected chi connectivity index (χ4v) is 4.12. The molecular formula is C21H33N6O3+. The van der Waals surface area contributed by atoms with E-state index in [9.17, 15) is 4.79 Å². The molecule has 2 aromatic rings. The molecule has 0 radical (unpaired) electrons. The van der Waals surface area contributed by atoms with Crippen LogP contribution in [0.4, 0.5) is 0 Å². The number of quaternary nitrogens is 1. The molecule has 1 amide bonds. The average molecular weight is 418 g/mol. The smallest absolute Gasteiger partial charge is 0.220 e. The lowest BCUT2D eigenvalue weighted by molar-refractivity contribution is -0.931. The maximum Gasteiger partial charge on any atom is 0.220 e. The average Bonchev–Trinajstić information content (AvgIpc) is 3.24. The second kappa shape index (κ2) is 8.99. The third-order valence-corrected chi connectivity index (χ3v) is 6.38. The Bertz CT molecular complexity index is 873. The van der Waals surface area contributed by atoms with E-state index in [0.717, 1.165) is 55.2 Å². The number of primary amides is 1. The van der Waals surface area contributed by atoms with E-state index in [1.54, 1.807) is 14.2 Å². The van der Waals surface area contributed by atoms with Crippen molar-refractivity contribution in [3.8, 4) is 11.5 Å². The Hall–Kier alpha value is -2.68. The molecule has 1 fully saturated rings. The van der Waals surface area contributed by atoms with Crippen molar-refractivity contribution in [3.05, 3.63) is 29.6 Å². The van der Waals surface area contributed by atoms with E-state index < -0.39 is 0 Å². The number of ether oxygens (including phenoxy) is 2. The topological polar surface area (TPSA) is 110 Å². The van der Waals surface area contributed by atoms with Gasteiger partial charge in [0.15, 0.2) is 6.04 Å². The largest absolute Gasteiger partial charge is 0.497 e. The Balaban J connectivity index is 2.10. The molecule has 1 aliphatic heterocycles. The van der Waals surface area contributed by atoms with Crippen LogP contribution >= 0.6 is 0 Å². The first-order chi connectivity index (χ1) is 14.3. The number of methoxy groups -OCH3 is 2. The molecule has 1 saturated heterocycles. The summed E-state index contributed by atoms with van der Waals surface area (Å²) in [6.45, 7) is 7.96. The van der Waals surface area contributed by atoms with Crippen molar-refractivity contribution >= 4 is 5.91 Å². The molecule has 1 atom stereocenters. The van der Waals surface area contributed by atoms with Crippen LogP contribution in [0, 0.1) is 5.92 Å². The van der Waals surface area contributed by atoms with Gasteiger partial charge in [-0.25, -0.2) is 4.68 Å². The summed E-state index contributed by atoms with van der Waals surface area (Å²) in [4.78, 5) is 13.0. The van der Waals surface area contributed by atoms with Gasteiger partial charge < -0.3 is 20.1 Å². The molecule has 0 bridgehead atoms. The number of piperidine rings is 1. The van der Waals surface area contributed by atoms with Gasteiger partial charge in [-0.05, 0) is 48.9 Å². The number of nitrogens with two attached hydrogens (primary N) is 1. The molecule has 0 unspecified atom stereocenters. The standard InChI is InChI=1S/C21H32N6O3/c1-6-21(2,3)27-20(23-24-25-27)18(26-11-9-14(10-12-26)19(22)28)16-13-15(29-4)7-8-17(16)30-5/h7-8,13-14,18H,6,9-12H2,1-5H3,(H2,22,28)/p+1/t18-/m0/s1. The number of amides is 1. The van der Waals surface area contributed by atoms with Gasteiger partial charge in [-0.2, -0.15) is 0 Å². The van der Waals surface area contributed by atoms with Crippen LogP contribution in [-0.4, -0.2) is 53.4 Å². The summed E-state index contributed by atoms with van der Waals surface area (Å²) in [6.07, 6.45) is 2.37. The number of carbonyl (C=O) groups is 1. The molecule has 3 rings (SSSR count). The quantitative estimate of drug-likeness (QED) is 0.655. The summed E-state index contributed by atoms with van der Waals surface area (Å²) in [7, 11) is 3.31. The number of tetrazole rings is 1. The molecule has 0 saturated carbocycles. The molecule has 30 heavy (non-hydrogen) atoms. The van der Waals surface area contributed by atoms with Crippen LogP contribution in [-0.2, 0) is 10.3 Å². The number of rotatable bonds is 8. The molecule has 164 valence electrons. The minimum atomic E-state index is -0.242. The number of nitrogens with zero attached hydrogens (tertiary/aromatic N) is 4. The van der Waals surface area contributed by atoms with Crippen LogP contribution < -0.4 is 20.1 Å². The van der Waals surface area contributed by atoms with Crippen LogP contribution in [0.25, 0.3) is 0 Å². The van der Waals surface area contributed by atoms with E-state index in [4.69, 9.17) is 15.2 Å². The van der Waals surface area contributed by atoms with Crippen molar-refractivity contribution in [2.75, 3.05) is 27.3 Å². The number of benzene rings is 1. The summed E-state index contributed by atoms with van der Waals surface area (Å²) in [5.41, 5.74) is 6.28. The highest BCUT2D eigenvalue weighted by Gasteiger charge is 2.39. The van der Waals surface area contributed by atoms with E-state index in [0.29, 0.717) is 0 Å². The normalized spacial score (nSPS) is 20.6. The van der Waals surface area contributed by atoms with Crippen LogP contribution in [0.15, 0.2) is 18.2 Å². The molecule has 1 aliphatic rings. The second-order valence-electron chi connectivity index (χ2n) is 8.49. The molecular weight excluding hydrogens is 384 g/mol. The lowest BCUT2D eigenvalue weighted by atomic mass is 9.92.